The van der Waals surface area contributed by atoms with Crippen LogP contribution in [0.5, 0.6) is 0 Å². The van der Waals surface area contributed by atoms with Crippen LogP contribution in [-0.2, 0) is 6.42 Å². The van der Waals surface area contributed by atoms with E-state index in [1.807, 2.05) is 6.07 Å². The quantitative estimate of drug-likeness (QED) is 0.806. The van der Waals surface area contributed by atoms with Crippen LogP contribution in [0.1, 0.15) is 61.5 Å². The second-order valence-electron chi connectivity index (χ2n) is 5.61. The molecule has 1 saturated carbocycles. The number of aryl methyl sites for hydroxylation is 1. The summed E-state index contributed by atoms with van der Waals surface area (Å²) in [6, 6.07) is 3.49. The molecule has 3 nitrogen and oxygen atoms in total. The van der Waals surface area contributed by atoms with Gasteiger partial charge in [0, 0.05) is 17.8 Å². The van der Waals surface area contributed by atoms with Gasteiger partial charge in [0.2, 0.25) is 0 Å². The Balaban J connectivity index is 1.87. The minimum Gasteiger partial charge on any atom is -0.352 e. The first kappa shape index (κ1) is 15.3. The minimum absolute atomic E-state index is 0.0374. The van der Waals surface area contributed by atoms with E-state index in [1.54, 1.807) is 6.07 Å². The van der Waals surface area contributed by atoms with Crippen molar-refractivity contribution < 1.29 is 4.79 Å². The van der Waals surface area contributed by atoms with Crippen LogP contribution in [0.2, 0.25) is 5.15 Å². The van der Waals surface area contributed by atoms with E-state index in [2.05, 4.69) is 17.2 Å². The molecule has 0 saturated heterocycles. The Kier molecular flexibility index (Phi) is 5.84. The Hall–Kier alpha value is -1.09. The summed E-state index contributed by atoms with van der Waals surface area (Å²) in [6.07, 6.45) is 8.26. The van der Waals surface area contributed by atoms with Crippen molar-refractivity contribution in [3.63, 3.8) is 0 Å². The third-order valence-corrected chi connectivity index (χ3v) is 4.12. The maximum absolute atomic E-state index is 12.1. The first-order chi connectivity index (χ1) is 9.69. The van der Waals surface area contributed by atoms with Crippen molar-refractivity contribution in [2.45, 2.75) is 51.9 Å². The van der Waals surface area contributed by atoms with Crippen LogP contribution in [0.3, 0.4) is 0 Å². The fraction of sp³-hybridized carbons (Fsp3) is 0.625. The van der Waals surface area contributed by atoms with E-state index in [4.69, 9.17) is 11.6 Å². The summed E-state index contributed by atoms with van der Waals surface area (Å²) in [6.45, 7) is 2.84. The number of halogens is 1. The number of rotatable bonds is 6. The molecule has 1 aliphatic carbocycles. The van der Waals surface area contributed by atoms with E-state index in [1.165, 1.54) is 25.7 Å². The van der Waals surface area contributed by atoms with E-state index in [0.717, 1.165) is 37.4 Å². The number of hydrogen-bond donors (Lipinski definition) is 1. The third-order valence-electron chi connectivity index (χ3n) is 3.93. The van der Waals surface area contributed by atoms with Gasteiger partial charge in [-0.15, -0.1) is 0 Å². The van der Waals surface area contributed by atoms with Crippen LogP contribution in [-0.4, -0.2) is 17.4 Å². The zero-order valence-electron chi connectivity index (χ0n) is 12.1. The Labute approximate surface area is 126 Å². The highest BCUT2D eigenvalue weighted by atomic mass is 35.5. The van der Waals surface area contributed by atoms with Gasteiger partial charge in [-0.2, -0.15) is 0 Å². The van der Waals surface area contributed by atoms with Crippen LogP contribution in [0.25, 0.3) is 0 Å². The second kappa shape index (κ2) is 7.63. The molecule has 1 fully saturated rings. The average molecular weight is 295 g/mol. The van der Waals surface area contributed by atoms with E-state index in [-0.39, 0.29) is 5.91 Å². The number of carbonyl (C=O) groups excluding carboxylic acids is 1. The van der Waals surface area contributed by atoms with Gasteiger partial charge in [0.25, 0.3) is 5.91 Å². The van der Waals surface area contributed by atoms with Gasteiger partial charge in [0.05, 0.1) is 0 Å². The van der Waals surface area contributed by atoms with Crippen molar-refractivity contribution in [2.75, 3.05) is 6.54 Å². The molecule has 1 aromatic rings. The van der Waals surface area contributed by atoms with Gasteiger partial charge >= 0.3 is 0 Å². The van der Waals surface area contributed by atoms with Crippen molar-refractivity contribution in [3.05, 3.63) is 28.5 Å². The van der Waals surface area contributed by atoms with Gasteiger partial charge in [0.1, 0.15) is 5.15 Å². The predicted molar refractivity (Wildman–Crippen MR) is 82.2 cm³/mol. The van der Waals surface area contributed by atoms with Gasteiger partial charge in [-0.1, -0.05) is 50.6 Å². The lowest BCUT2D eigenvalue weighted by Gasteiger charge is -2.10. The number of pyridine rings is 1. The summed E-state index contributed by atoms with van der Waals surface area (Å²) in [4.78, 5) is 16.4. The average Bonchev–Trinajstić information content (AvgIpc) is 2.91. The number of aromatic nitrogens is 1. The molecular formula is C16H23ClN2O. The van der Waals surface area contributed by atoms with Crippen LogP contribution in [0.15, 0.2) is 12.1 Å². The van der Waals surface area contributed by atoms with Gasteiger partial charge in [-0.25, -0.2) is 4.98 Å². The molecule has 20 heavy (non-hydrogen) atoms. The largest absolute Gasteiger partial charge is 0.352 e. The van der Waals surface area contributed by atoms with E-state index in [0.29, 0.717) is 10.7 Å². The molecule has 0 aliphatic heterocycles. The molecule has 110 valence electrons. The van der Waals surface area contributed by atoms with E-state index in [9.17, 15) is 4.79 Å². The summed E-state index contributed by atoms with van der Waals surface area (Å²) in [5.41, 5.74) is 1.51. The maximum Gasteiger partial charge on any atom is 0.251 e. The fourth-order valence-corrected chi connectivity index (χ4v) is 3.08. The number of nitrogens with zero attached hydrogens (tertiary/aromatic N) is 1. The Bertz CT molecular complexity index is 456. The molecule has 0 unspecified atom stereocenters. The lowest BCUT2D eigenvalue weighted by molar-refractivity contribution is 0.0951. The van der Waals surface area contributed by atoms with Gasteiger partial charge in [-0.05, 0) is 30.9 Å². The molecule has 0 spiro atoms. The fourth-order valence-electron chi connectivity index (χ4n) is 2.86. The summed E-state index contributed by atoms with van der Waals surface area (Å²) >= 11 is 5.98. The van der Waals surface area contributed by atoms with Crippen LogP contribution >= 0.6 is 11.6 Å². The highest BCUT2D eigenvalue weighted by molar-refractivity contribution is 6.29. The topological polar surface area (TPSA) is 42.0 Å². The van der Waals surface area contributed by atoms with Crippen LogP contribution in [0, 0.1) is 5.92 Å². The highest BCUT2D eigenvalue weighted by Crippen LogP contribution is 2.26. The molecule has 0 bridgehead atoms. The number of carbonyl (C=O) groups is 1. The van der Waals surface area contributed by atoms with Crippen molar-refractivity contribution in [2.24, 2.45) is 5.92 Å². The third kappa shape index (κ3) is 4.48. The molecule has 1 N–H and O–H groups in total. The van der Waals surface area contributed by atoms with E-state index < -0.39 is 0 Å². The molecule has 0 radical (unpaired) electrons. The minimum atomic E-state index is -0.0374. The highest BCUT2D eigenvalue weighted by Gasteiger charge is 2.15. The zero-order chi connectivity index (χ0) is 14.4. The SMILES string of the molecule is CCCc1cc(C(=O)NCCC2CCCC2)cc(Cl)n1. The number of hydrogen-bond acceptors (Lipinski definition) is 2. The molecule has 1 amide bonds. The smallest absolute Gasteiger partial charge is 0.251 e. The lowest BCUT2D eigenvalue weighted by Crippen LogP contribution is -2.25. The normalized spacial score (nSPS) is 15.5. The lowest BCUT2D eigenvalue weighted by atomic mass is 10.0. The molecule has 2 rings (SSSR count). The summed E-state index contributed by atoms with van der Waals surface area (Å²) in [5, 5.41) is 3.40. The van der Waals surface area contributed by atoms with Gasteiger partial charge in [-0.3, -0.25) is 4.79 Å². The van der Waals surface area contributed by atoms with Crippen molar-refractivity contribution in [1.82, 2.24) is 10.3 Å². The first-order valence-corrected chi connectivity index (χ1v) is 8.01. The molecule has 1 aromatic heterocycles. The molecule has 1 heterocycles. The molecule has 0 atom stereocenters. The Morgan fingerprint density at radius 2 is 2.15 bits per heavy atom. The molecule has 4 heteroatoms. The monoisotopic (exact) mass is 294 g/mol. The van der Waals surface area contributed by atoms with Crippen LogP contribution in [0.4, 0.5) is 0 Å². The number of amides is 1. The van der Waals surface area contributed by atoms with Crippen molar-refractivity contribution in [3.8, 4) is 0 Å². The van der Waals surface area contributed by atoms with Gasteiger partial charge < -0.3 is 5.32 Å². The van der Waals surface area contributed by atoms with Crippen LogP contribution < -0.4 is 5.32 Å². The Morgan fingerprint density at radius 1 is 1.40 bits per heavy atom. The van der Waals surface area contributed by atoms with Crippen molar-refractivity contribution >= 4 is 17.5 Å². The molecule has 0 aromatic carbocycles. The standard InChI is InChI=1S/C16H23ClN2O/c1-2-5-14-10-13(11-15(17)19-14)16(20)18-9-8-12-6-3-4-7-12/h10-12H,2-9H2,1H3,(H,18,20). The Morgan fingerprint density at radius 3 is 2.85 bits per heavy atom. The van der Waals surface area contributed by atoms with Gasteiger partial charge in [0.15, 0.2) is 0 Å². The predicted octanol–water partition coefficient (Wildman–Crippen LogP) is 4.00. The molecule has 1 aliphatic rings. The number of nitrogens with one attached hydrogen (secondary N) is 1. The second-order valence-corrected chi connectivity index (χ2v) is 6.00. The summed E-state index contributed by atoms with van der Waals surface area (Å²) in [5.74, 6) is 0.761. The zero-order valence-corrected chi connectivity index (χ0v) is 12.9. The maximum atomic E-state index is 12.1. The van der Waals surface area contributed by atoms with Crippen molar-refractivity contribution in [1.29, 1.82) is 0 Å². The van der Waals surface area contributed by atoms with E-state index >= 15 is 0 Å². The first-order valence-electron chi connectivity index (χ1n) is 7.63. The molecular weight excluding hydrogens is 272 g/mol. The summed E-state index contributed by atoms with van der Waals surface area (Å²) in [7, 11) is 0. The summed E-state index contributed by atoms with van der Waals surface area (Å²) < 4.78 is 0.